The summed E-state index contributed by atoms with van der Waals surface area (Å²) in [6.45, 7) is 0.717. The van der Waals surface area contributed by atoms with Crippen molar-refractivity contribution in [1.82, 2.24) is 5.32 Å². The predicted molar refractivity (Wildman–Crippen MR) is 39.8 cm³/mol. The number of amides is 1. The van der Waals surface area contributed by atoms with E-state index in [9.17, 15) is 9.59 Å². The van der Waals surface area contributed by atoms with Gasteiger partial charge in [-0.2, -0.15) is 0 Å². The average molecular weight is 156 g/mol. The highest BCUT2D eigenvalue weighted by Gasteiger charge is 2.25. The summed E-state index contributed by atoms with van der Waals surface area (Å²) in [6, 6.07) is -0.483. The zero-order valence-corrected chi connectivity index (χ0v) is 6.25. The third kappa shape index (κ3) is 2.01. The lowest BCUT2D eigenvalue weighted by molar-refractivity contribution is -0.122. The molecule has 4 heteroatoms. The molecule has 2 atom stereocenters. The predicted octanol–water partition coefficient (Wildman–Crippen LogP) is -0.961. The minimum absolute atomic E-state index is 0.0299. The normalized spacial score (nSPS) is 26.3. The van der Waals surface area contributed by atoms with Crippen LogP contribution in [0.1, 0.15) is 12.8 Å². The van der Waals surface area contributed by atoms with Crippen LogP contribution in [0.4, 0.5) is 0 Å². The molecule has 1 heterocycles. The van der Waals surface area contributed by atoms with Crippen molar-refractivity contribution in [3.63, 3.8) is 0 Å². The van der Waals surface area contributed by atoms with Crippen LogP contribution in [0.2, 0.25) is 0 Å². The summed E-state index contributed by atoms with van der Waals surface area (Å²) in [5, 5.41) is 2.69. The molecule has 1 saturated heterocycles. The van der Waals surface area contributed by atoms with Gasteiger partial charge in [-0.3, -0.25) is 4.79 Å². The summed E-state index contributed by atoms with van der Waals surface area (Å²) < 4.78 is 0. The Labute approximate surface area is 65.1 Å². The molecule has 0 aromatic rings. The summed E-state index contributed by atoms with van der Waals surface area (Å²) in [5.41, 5.74) is 5.37. The monoisotopic (exact) mass is 156 g/mol. The fourth-order valence-electron chi connectivity index (χ4n) is 1.25. The van der Waals surface area contributed by atoms with E-state index in [1.165, 1.54) is 0 Å². The first-order valence-corrected chi connectivity index (χ1v) is 3.72. The van der Waals surface area contributed by atoms with Crippen molar-refractivity contribution < 1.29 is 9.59 Å². The molecule has 1 amide bonds. The van der Waals surface area contributed by atoms with Crippen molar-refractivity contribution in [2.75, 3.05) is 6.54 Å². The molecule has 0 spiro atoms. The largest absolute Gasteiger partial charge is 0.356 e. The highest BCUT2D eigenvalue weighted by atomic mass is 16.2. The molecule has 0 saturated carbocycles. The van der Waals surface area contributed by atoms with Crippen molar-refractivity contribution in [2.24, 2.45) is 11.7 Å². The number of rotatable bonds is 3. The molecule has 0 aromatic heterocycles. The molecular weight excluding hydrogens is 144 g/mol. The SMILES string of the molecule is NC(C=O)CC1CCNC1=O. The number of carbonyl (C=O) groups excluding carboxylic acids is 2. The van der Waals surface area contributed by atoms with Crippen LogP contribution in [0, 0.1) is 5.92 Å². The van der Waals surface area contributed by atoms with Gasteiger partial charge in [0.05, 0.1) is 6.04 Å². The van der Waals surface area contributed by atoms with Crippen LogP contribution in [-0.4, -0.2) is 24.8 Å². The molecule has 0 bridgehead atoms. The van der Waals surface area contributed by atoms with Gasteiger partial charge in [0, 0.05) is 12.5 Å². The third-order valence-corrected chi connectivity index (χ3v) is 1.89. The first-order chi connectivity index (χ1) is 5.24. The second-order valence-electron chi connectivity index (χ2n) is 2.81. The van der Waals surface area contributed by atoms with Crippen LogP contribution < -0.4 is 11.1 Å². The molecular formula is C7H12N2O2. The van der Waals surface area contributed by atoms with E-state index >= 15 is 0 Å². The van der Waals surface area contributed by atoms with Gasteiger partial charge in [0.25, 0.3) is 0 Å². The van der Waals surface area contributed by atoms with Gasteiger partial charge in [-0.15, -0.1) is 0 Å². The summed E-state index contributed by atoms with van der Waals surface area (Å²) in [4.78, 5) is 21.1. The fourth-order valence-corrected chi connectivity index (χ4v) is 1.25. The Morgan fingerprint density at radius 1 is 1.82 bits per heavy atom. The molecule has 1 aliphatic heterocycles. The molecule has 1 fully saturated rings. The minimum Gasteiger partial charge on any atom is -0.356 e. The Balaban J connectivity index is 2.36. The van der Waals surface area contributed by atoms with Gasteiger partial charge < -0.3 is 15.8 Å². The Hall–Kier alpha value is -0.900. The van der Waals surface area contributed by atoms with Gasteiger partial charge in [0.15, 0.2) is 0 Å². The van der Waals surface area contributed by atoms with Crippen LogP contribution in [0.3, 0.4) is 0 Å². The van der Waals surface area contributed by atoms with E-state index in [4.69, 9.17) is 5.73 Å². The fraction of sp³-hybridized carbons (Fsp3) is 0.714. The van der Waals surface area contributed by atoms with Crippen LogP contribution in [0.15, 0.2) is 0 Å². The Morgan fingerprint density at radius 2 is 2.55 bits per heavy atom. The quantitative estimate of drug-likeness (QED) is 0.517. The third-order valence-electron chi connectivity index (χ3n) is 1.89. The zero-order chi connectivity index (χ0) is 8.27. The van der Waals surface area contributed by atoms with Gasteiger partial charge in [-0.05, 0) is 12.8 Å². The maximum absolute atomic E-state index is 10.9. The van der Waals surface area contributed by atoms with Crippen LogP contribution in [0.25, 0.3) is 0 Å². The Morgan fingerprint density at radius 3 is 3.00 bits per heavy atom. The lowest BCUT2D eigenvalue weighted by Crippen LogP contribution is -2.28. The maximum atomic E-state index is 10.9. The van der Waals surface area contributed by atoms with E-state index in [0.29, 0.717) is 12.7 Å². The second kappa shape index (κ2) is 3.48. The van der Waals surface area contributed by atoms with Crippen LogP contribution >= 0.6 is 0 Å². The molecule has 4 nitrogen and oxygen atoms in total. The second-order valence-corrected chi connectivity index (χ2v) is 2.81. The summed E-state index contributed by atoms with van der Waals surface area (Å²) in [6.07, 6.45) is 1.97. The summed E-state index contributed by atoms with van der Waals surface area (Å²) in [7, 11) is 0. The molecule has 1 rings (SSSR count). The van der Waals surface area contributed by atoms with Gasteiger partial charge in [-0.1, -0.05) is 0 Å². The van der Waals surface area contributed by atoms with Gasteiger partial charge >= 0.3 is 0 Å². The molecule has 0 aromatic carbocycles. The van der Waals surface area contributed by atoms with Crippen LogP contribution in [0.5, 0.6) is 0 Å². The van der Waals surface area contributed by atoms with E-state index in [2.05, 4.69) is 5.32 Å². The summed E-state index contributed by atoms with van der Waals surface area (Å²) >= 11 is 0. The number of hydrogen-bond donors (Lipinski definition) is 2. The molecule has 1 aliphatic rings. The number of carbonyl (C=O) groups is 2. The van der Waals surface area contributed by atoms with Crippen molar-refractivity contribution >= 4 is 12.2 Å². The highest BCUT2D eigenvalue weighted by molar-refractivity contribution is 5.81. The lowest BCUT2D eigenvalue weighted by atomic mass is 10.00. The van der Waals surface area contributed by atoms with E-state index in [1.807, 2.05) is 0 Å². The topological polar surface area (TPSA) is 72.2 Å². The van der Waals surface area contributed by atoms with Crippen molar-refractivity contribution in [3.05, 3.63) is 0 Å². The molecule has 2 unspecified atom stereocenters. The number of nitrogens with two attached hydrogens (primary N) is 1. The van der Waals surface area contributed by atoms with E-state index in [1.54, 1.807) is 0 Å². The first-order valence-electron chi connectivity index (χ1n) is 3.72. The van der Waals surface area contributed by atoms with Crippen molar-refractivity contribution in [2.45, 2.75) is 18.9 Å². The van der Waals surface area contributed by atoms with Gasteiger partial charge in [-0.25, -0.2) is 0 Å². The number of aldehydes is 1. The van der Waals surface area contributed by atoms with Gasteiger partial charge in [0.1, 0.15) is 6.29 Å². The summed E-state index contributed by atoms with van der Waals surface area (Å²) in [5.74, 6) is -0.0162. The van der Waals surface area contributed by atoms with Gasteiger partial charge in [0.2, 0.25) is 5.91 Å². The maximum Gasteiger partial charge on any atom is 0.223 e. The van der Waals surface area contributed by atoms with Crippen molar-refractivity contribution in [1.29, 1.82) is 0 Å². The minimum atomic E-state index is -0.483. The molecule has 11 heavy (non-hydrogen) atoms. The smallest absolute Gasteiger partial charge is 0.223 e. The van der Waals surface area contributed by atoms with Crippen LogP contribution in [-0.2, 0) is 9.59 Å². The van der Waals surface area contributed by atoms with E-state index < -0.39 is 6.04 Å². The number of hydrogen-bond acceptors (Lipinski definition) is 3. The molecule has 0 aliphatic carbocycles. The molecule has 0 radical (unpaired) electrons. The lowest BCUT2D eigenvalue weighted by Gasteiger charge is -2.07. The number of nitrogens with one attached hydrogen (secondary N) is 1. The Kier molecular flexibility index (Phi) is 2.59. The average Bonchev–Trinajstić information content (AvgIpc) is 2.37. The Bertz CT molecular complexity index is 170. The standard InChI is InChI=1S/C7H12N2O2/c8-6(4-10)3-5-1-2-9-7(5)11/h4-6H,1-3,8H2,(H,9,11). The van der Waals surface area contributed by atoms with E-state index in [-0.39, 0.29) is 11.8 Å². The highest BCUT2D eigenvalue weighted by Crippen LogP contribution is 2.14. The molecule has 3 N–H and O–H groups in total. The molecule has 62 valence electrons. The first kappa shape index (κ1) is 8.20. The van der Waals surface area contributed by atoms with Crippen molar-refractivity contribution in [3.8, 4) is 0 Å². The zero-order valence-electron chi connectivity index (χ0n) is 6.25. The van der Waals surface area contributed by atoms with E-state index in [0.717, 1.165) is 13.0 Å².